The summed E-state index contributed by atoms with van der Waals surface area (Å²) in [5.74, 6) is 0.474. The molecule has 1 atom stereocenters. The molecular weight excluding hydrogens is 313 g/mol. The molecule has 2 rings (SSSR count). The van der Waals surface area contributed by atoms with E-state index in [9.17, 15) is 5.11 Å². The van der Waals surface area contributed by atoms with Gasteiger partial charge in [0.25, 0.3) is 0 Å². The molecule has 4 nitrogen and oxygen atoms in total. The van der Waals surface area contributed by atoms with Crippen LogP contribution < -0.4 is 10.1 Å². The first kappa shape index (κ1) is 16.8. The molecule has 0 heterocycles. The number of rotatable bonds is 9. The van der Waals surface area contributed by atoms with Crippen LogP contribution in [0.5, 0.6) is 5.75 Å². The van der Waals surface area contributed by atoms with Crippen molar-refractivity contribution >= 4 is 23.2 Å². The summed E-state index contributed by atoms with van der Waals surface area (Å²) >= 11 is 11.9. The molecule has 1 aromatic rings. The van der Waals surface area contributed by atoms with Gasteiger partial charge in [0.05, 0.1) is 5.02 Å². The van der Waals surface area contributed by atoms with Crippen molar-refractivity contribution in [3.63, 3.8) is 0 Å². The van der Waals surface area contributed by atoms with Crippen LogP contribution in [-0.2, 0) is 0 Å². The van der Waals surface area contributed by atoms with Crippen molar-refractivity contribution in [1.29, 1.82) is 0 Å². The Hall–Kier alpha value is -0.520. The van der Waals surface area contributed by atoms with Crippen LogP contribution >= 0.6 is 23.2 Å². The molecule has 0 aliphatic heterocycles. The smallest absolute Gasteiger partial charge is 0.139 e. The predicted molar refractivity (Wildman–Crippen MR) is 84.2 cm³/mol. The van der Waals surface area contributed by atoms with E-state index >= 15 is 0 Å². The third-order valence-electron chi connectivity index (χ3n) is 3.80. The first-order chi connectivity index (χ1) is 10.0. The highest BCUT2D eigenvalue weighted by Gasteiger charge is 2.41. The van der Waals surface area contributed by atoms with Crippen molar-refractivity contribution in [1.82, 2.24) is 5.32 Å². The fraction of sp³-hybridized carbons (Fsp3) is 0.600. The van der Waals surface area contributed by atoms with Crippen molar-refractivity contribution in [2.24, 2.45) is 5.41 Å². The van der Waals surface area contributed by atoms with Crippen molar-refractivity contribution in [3.8, 4) is 5.75 Å². The van der Waals surface area contributed by atoms with Crippen LogP contribution in [-0.4, -0.2) is 42.6 Å². The average Bonchev–Trinajstić information content (AvgIpc) is 3.20. The van der Waals surface area contributed by atoms with Crippen LogP contribution in [0, 0.1) is 5.41 Å². The molecule has 0 spiro atoms. The fourth-order valence-electron chi connectivity index (χ4n) is 2.27. The highest BCUT2D eigenvalue weighted by molar-refractivity contribution is 6.34. The predicted octanol–water partition coefficient (Wildman–Crippen LogP) is 2.49. The van der Waals surface area contributed by atoms with Crippen molar-refractivity contribution in [3.05, 3.63) is 28.2 Å². The van der Waals surface area contributed by atoms with Crippen LogP contribution in [0.4, 0.5) is 0 Å². The molecule has 0 saturated heterocycles. The number of nitrogens with one attached hydrogen (secondary N) is 1. The molecule has 0 bridgehead atoms. The molecule has 1 unspecified atom stereocenters. The van der Waals surface area contributed by atoms with Crippen LogP contribution in [0.1, 0.15) is 19.3 Å². The molecule has 1 aliphatic carbocycles. The largest absolute Gasteiger partial charge is 0.489 e. The van der Waals surface area contributed by atoms with E-state index in [1.807, 2.05) is 0 Å². The Kier molecular flexibility index (Phi) is 6.14. The van der Waals surface area contributed by atoms with E-state index in [4.69, 9.17) is 33.0 Å². The maximum absolute atomic E-state index is 9.90. The zero-order chi connectivity index (χ0) is 15.3. The molecular formula is C15H21Cl2NO3. The second-order valence-electron chi connectivity index (χ2n) is 5.64. The fourth-order valence-corrected chi connectivity index (χ4v) is 2.60. The van der Waals surface area contributed by atoms with Gasteiger partial charge in [0.1, 0.15) is 18.5 Å². The minimum Gasteiger partial charge on any atom is -0.489 e. The molecule has 1 saturated carbocycles. The molecule has 1 fully saturated rings. The third kappa shape index (κ3) is 5.31. The number of hydrogen-bond acceptors (Lipinski definition) is 4. The monoisotopic (exact) mass is 333 g/mol. The van der Waals surface area contributed by atoms with Gasteiger partial charge < -0.3 is 20.3 Å². The lowest BCUT2D eigenvalue weighted by atomic mass is 10.0. The molecule has 3 N–H and O–H groups in total. The summed E-state index contributed by atoms with van der Waals surface area (Å²) < 4.78 is 5.48. The highest BCUT2D eigenvalue weighted by atomic mass is 35.5. The summed E-state index contributed by atoms with van der Waals surface area (Å²) in [6.45, 7) is 1.65. The highest BCUT2D eigenvalue weighted by Crippen LogP contribution is 2.47. The molecule has 0 aromatic heterocycles. The number of ether oxygens (including phenoxy) is 1. The van der Waals surface area contributed by atoms with Gasteiger partial charge in [-0.2, -0.15) is 0 Å². The zero-order valence-electron chi connectivity index (χ0n) is 11.8. The Bertz CT molecular complexity index is 466. The van der Waals surface area contributed by atoms with Gasteiger partial charge in [-0.25, -0.2) is 0 Å². The zero-order valence-corrected chi connectivity index (χ0v) is 13.3. The maximum atomic E-state index is 9.90. The van der Waals surface area contributed by atoms with E-state index in [1.165, 1.54) is 0 Å². The number of aliphatic hydroxyl groups is 2. The first-order valence-corrected chi connectivity index (χ1v) is 7.88. The second-order valence-corrected chi connectivity index (χ2v) is 6.49. The second kappa shape index (κ2) is 7.65. The topological polar surface area (TPSA) is 61.7 Å². The van der Waals surface area contributed by atoms with Gasteiger partial charge in [0, 0.05) is 30.8 Å². The molecule has 1 aromatic carbocycles. The maximum Gasteiger partial charge on any atom is 0.139 e. The van der Waals surface area contributed by atoms with E-state index < -0.39 is 6.10 Å². The lowest BCUT2D eigenvalue weighted by Crippen LogP contribution is -2.35. The molecule has 6 heteroatoms. The normalized spacial score (nSPS) is 17.5. The van der Waals surface area contributed by atoms with E-state index in [0.29, 0.717) is 22.3 Å². The number of halogens is 2. The Morgan fingerprint density at radius 2 is 2.10 bits per heavy atom. The standard InChI is InChI=1S/C15H21Cl2NO3/c16-11-1-2-13(17)14(7-11)21-9-12(20)8-18-10-15(3-4-15)5-6-19/h1-2,7,12,18-20H,3-6,8-10H2. The summed E-state index contributed by atoms with van der Waals surface area (Å²) in [5, 5.41) is 23.1. The van der Waals surface area contributed by atoms with E-state index in [0.717, 1.165) is 25.8 Å². The van der Waals surface area contributed by atoms with Crippen molar-refractivity contribution in [2.45, 2.75) is 25.4 Å². The Labute approximate surface area is 135 Å². The molecule has 1 aliphatic rings. The van der Waals surface area contributed by atoms with E-state index in [1.54, 1.807) is 18.2 Å². The summed E-state index contributed by atoms with van der Waals surface area (Å²) in [4.78, 5) is 0. The van der Waals surface area contributed by atoms with Crippen LogP contribution in [0.15, 0.2) is 18.2 Å². The van der Waals surface area contributed by atoms with E-state index in [2.05, 4.69) is 5.32 Å². The third-order valence-corrected chi connectivity index (χ3v) is 4.35. The van der Waals surface area contributed by atoms with Gasteiger partial charge in [-0.3, -0.25) is 0 Å². The van der Waals surface area contributed by atoms with Crippen LogP contribution in [0.2, 0.25) is 10.0 Å². The Morgan fingerprint density at radius 3 is 2.76 bits per heavy atom. The molecule has 118 valence electrons. The average molecular weight is 334 g/mol. The lowest BCUT2D eigenvalue weighted by molar-refractivity contribution is 0.104. The summed E-state index contributed by atoms with van der Waals surface area (Å²) in [6, 6.07) is 4.98. The minimum atomic E-state index is -0.620. The van der Waals surface area contributed by atoms with Crippen molar-refractivity contribution in [2.75, 3.05) is 26.3 Å². The number of benzene rings is 1. The van der Waals surface area contributed by atoms with Gasteiger partial charge in [-0.1, -0.05) is 23.2 Å². The van der Waals surface area contributed by atoms with Gasteiger partial charge in [0.15, 0.2) is 0 Å². The lowest BCUT2D eigenvalue weighted by Gasteiger charge is -2.17. The first-order valence-electron chi connectivity index (χ1n) is 7.12. The van der Waals surface area contributed by atoms with E-state index in [-0.39, 0.29) is 18.6 Å². The molecule has 0 amide bonds. The van der Waals surface area contributed by atoms with Gasteiger partial charge in [0.2, 0.25) is 0 Å². The number of aliphatic hydroxyl groups excluding tert-OH is 2. The molecule has 21 heavy (non-hydrogen) atoms. The van der Waals surface area contributed by atoms with Gasteiger partial charge in [-0.05, 0) is 36.8 Å². The SMILES string of the molecule is OCCC1(CNCC(O)COc2cc(Cl)ccc2Cl)CC1. The summed E-state index contributed by atoms with van der Waals surface area (Å²) in [7, 11) is 0. The van der Waals surface area contributed by atoms with Gasteiger partial charge >= 0.3 is 0 Å². The molecule has 0 radical (unpaired) electrons. The van der Waals surface area contributed by atoms with Crippen LogP contribution in [0.3, 0.4) is 0 Å². The summed E-state index contributed by atoms with van der Waals surface area (Å²) in [6.07, 6.45) is 2.49. The minimum absolute atomic E-state index is 0.153. The summed E-state index contributed by atoms with van der Waals surface area (Å²) in [5.41, 5.74) is 0.242. The Balaban J connectivity index is 1.68. The Morgan fingerprint density at radius 1 is 1.33 bits per heavy atom. The van der Waals surface area contributed by atoms with Crippen molar-refractivity contribution < 1.29 is 14.9 Å². The van der Waals surface area contributed by atoms with Crippen LogP contribution in [0.25, 0.3) is 0 Å². The van der Waals surface area contributed by atoms with Gasteiger partial charge in [-0.15, -0.1) is 0 Å². The number of hydrogen-bond donors (Lipinski definition) is 3. The quantitative estimate of drug-likeness (QED) is 0.649.